The highest BCUT2D eigenvalue weighted by molar-refractivity contribution is 5.81. The molecule has 1 fully saturated rings. The van der Waals surface area contributed by atoms with Crippen LogP contribution in [-0.4, -0.2) is 37.7 Å². The van der Waals surface area contributed by atoms with Gasteiger partial charge in [-0.2, -0.15) is 0 Å². The van der Waals surface area contributed by atoms with Crippen molar-refractivity contribution < 1.29 is 9.53 Å². The van der Waals surface area contributed by atoms with Crippen LogP contribution in [0.2, 0.25) is 0 Å². The first kappa shape index (κ1) is 14.5. The topological polar surface area (TPSA) is 50.4 Å². The predicted octanol–water partition coefficient (Wildman–Crippen LogP) is 1.30. The van der Waals surface area contributed by atoms with E-state index in [0.29, 0.717) is 12.1 Å². The molecule has 4 heteroatoms. The Bertz CT molecular complexity index is 270. The second-order valence-corrected chi connectivity index (χ2v) is 5.09. The van der Waals surface area contributed by atoms with Gasteiger partial charge in [0.05, 0.1) is 12.1 Å². The Morgan fingerprint density at radius 1 is 1.53 bits per heavy atom. The minimum Gasteiger partial charge on any atom is -0.378 e. The lowest BCUT2D eigenvalue weighted by molar-refractivity contribution is -0.135. The first-order valence-corrected chi connectivity index (χ1v) is 6.58. The number of hydrogen-bond donors (Lipinski definition) is 2. The Morgan fingerprint density at radius 2 is 2.18 bits per heavy atom. The van der Waals surface area contributed by atoms with Gasteiger partial charge < -0.3 is 15.4 Å². The number of amides is 1. The molecule has 0 aliphatic heterocycles. The molecule has 0 heterocycles. The van der Waals surface area contributed by atoms with Crippen molar-refractivity contribution in [2.45, 2.75) is 58.7 Å². The summed E-state index contributed by atoms with van der Waals surface area (Å²) < 4.78 is 5.74. The normalized spacial score (nSPS) is 33.9. The maximum atomic E-state index is 11.5. The van der Waals surface area contributed by atoms with Gasteiger partial charge in [-0.25, -0.2) is 0 Å². The van der Waals surface area contributed by atoms with Gasteiger partial charge in [-0.3, -0.25) is 4.79 Å². The van der Waals surface area contributed by atoms with E-state index in [-0.39, 0.29) is 17.4 Å². The molecule has 1 amide bonds. The Morgan fingerprint density at radius 3 is 2.65 bits per heavy atom. The van der Waals surface area contributed by atoms with E-state index in [9.17, 15) is 4.79 Å². The van der Waals surface area contributed by atoms with Crippen molar-refractivity contribution in [2.75, 3.05) is 13.7 Å². The summed E-state index contributed by atoms with van der Waals surface area (Å²) in [6.45, 7) is 9.13. The molecule has 0 aromatic carbocycles. The van der Waals surface area contributed by atoms with Crippen molar-refractivity contribution in [3.63, 3.8) is 0 Å². The summed E-state index contributed by atoms with van der Waals surface area (Å²) in [7, 11) is 1.67. The summed E-state index contributed by atoms with van der Waals surface area (Å²) >= 11 is 0. The van der Waals surface area contributed by atoms with Crippen molar-refractivity contribution >= 4 is 5.91 Å². The first-order chi connectivity index (χ1) is 7.99. The third-order valence-corrected chi connectivity index (χ3v) is 4.20. The molecule has 1 aliphatic rings. The van der Waals surface area contributed by atoms with Crippen LogP contribution in [0.1, 0.15) is 40.5 Å². The smallest absolute Gasteiger partial charge is 0.236 e. The number of carbonyl (C=O) groups excluding carboxylic acids is 1. The number of carbonyl (C=O) groups is 1. The van der Waals surface area contributed by atoms with Crippen molar-refractivity contribution in [3.05, 3.63) is 0 Å². The number of hydrogen-bond acceptors (Lipinski definition) is 3. The highest BCUT2D eigenvalue weighted by atomic mass is 16.5. The minimum absolute atomic E-state index is 0.0447. The lowest BCUT2D eigenvalue weighted by Crippen LogP contribution is -2.64. The fourth-order valence-corrected chi connectivity index (χ4v) is 2.60. The summed E-state index contributed by atoms with van der Waals surface area (Å²) in [6, 6.07) is 0.231. The highest BCUT2D eigenvalue weighted by Crippen LogP contribution is 2.46. The average molecular weight is 242 g/mol. The third-order valence-electron chi connectivity index (χ3n) is 4.20. The molecule has 100 valence electrons. The molecular weight excluding hydrogens is 216 g/mol. The molecule has 1 rings (SSSR count). The van der Waals surface area contributed by atoms with Gasteiger partial charge in [0.25, 0.3) is 0 Å². The summed E-state index contributed by atoms with van der Waals surface area (Å²) in [5.41, 5.74) is 0.151. The van der Waals surface area contributed by atoms with Gasteiger partial charge in [-0.05, 0) is 26.7 Å². The number of nitrogens with one attached hydrogen (secondary N) is 2. The Hall–Kier alpha value is -0.610. The Kier molecular flexibility index (Phi) is 4.95. The Balaban J connectivity index is 2.54. The van der Waals surface area contributed by atoms with Crippen LogP contribution in [0.4, 0.5) is 0 Å². The van der Waals surface area contributed by atoms with E-state index >= 15 is 0 Å². The van der Waals surface area contributed by atoms with Crippen molar-refractivity contribution in [1.82, 2.24) is 10.6 Å². The van der Waals surface area contributed by atoms with E-state index in [1.54, 1.807) is 7.05 Å². The van der Waals surface area contributed by atoms with Crippen molar-refractivity contribution in [3.8, 4) is 0 Å². The van der Waals surface area contributed by atoms with E-state index in [4.69, 9.17) is 4.74 Å². The van der Waals surface area contributed by atoms with Crippen molar-refractivity contribution in [2.24, 2.45) is 5.41 Å². The molecule has 2 N–H and O–H groups in total. The van der Waals surface area contributed by atoms with Crippen LogP contribution in [0.3, 0.4) is 0 Å². The molecule has 17 heavy (non-hydrogen) atoms. The monoisotopic (exact) mass is 242 g/mol. The SMILES string of the molecule is CCOC1CC(NC(C)C(=O)NC)C1(C)CC. The van der Waals surface area contributed by atoms with Gasteiger partial charge in [0.1, 0.15) is 0 Å². The quantitative estimate of drug-likeness (QED) is 0.738. The van der Waals surface area contributed by atoms with Crippen LogP contribution in [0.5, 0.6) is 0 Å². The maximum Gasteiger partial charge on any atom is 0.236 e. The lowest BCUT2D eigenvalue weighted by Gasteiger charge is -2.54. The van der Waals surface area contributed by atoms with Gasteiger partial charge in [-0.15, -0.1) is 0 Å². The van der Waals surface area contributed by atoms with E-state index in [0.717, 1.165) is 19.4 Å². The largest absolute Gasteiger partial charge is 0.378 e. The van der Waals surface area contributed by atoms with Crippen molar-refractivity contribution in [1.29, 1.82) is 0 Å². The van der Waals surface area contributed by atoms with Crippen LogP contribution < -0.4 is 10.6 Å². The molecule has 4 nitrogen and oxygen atoms in total. The standard InChI is InChI=1S/C13H26N2O2/c1-6-13(4)10(8-11(13)17-7-2)15-9(3)12(16)14-5/h9-11,15H,6-8H2,1-5H3,(H,14,16). The number of likely N-dealkylation sites (N-methyl/N-ethyl adjacent to an activating group) is 1. The van der Waals surface area contributed by atoms with Gasteiger partial charge in [-0.1, -0.05) is 13.8 Å². The number of rotatable bonds is 6. The van der Waals surface area contributed by atoms with Gasteiger partial charge in [0.2, 0.25) is 5.91 Å². The molecule has 0 bridgehead atoms. The zero-order valence-corrected chi connectivity index (χ0v) is 11.7. The van der Waals surface area contributed by atoms with Gasteiger partial charge in [0.15, 0.2) is 0 Å². The predicted molar refractivity (Wildman–Crippen MR) is 68.9 cm³/mol. The minimum atomic E-state index is -0.140. The molecule has 4 unspecified atom stereocenters. The summed E-state index contributed by atoms with van der Waals surface area (Å²) in [6.07, 6.45) is 2.39. The summed E-state index contributed by atoms with van der Waals surface area (Å²) in [4.78, 5) is 11.5. The zero-order valence-electron chi connectivity index (χ0n) is 11.7. The fourth-order valence-electron chi connectivity index (χ4n) is 2.60. The van der Waals surface area contributed by atoms with E-state index in [1.807, 2.05) is 13.8 Å². The average Bonchev–Trinajstić information content (AvgIpc) is 2.35. The molecule has 0 spiro atoms. The Labute approximate surface area is 104 Å². The fraction of sp³-hybridized carbons (Fsp3) is 0.923. The molecule has 0 saturated heterocycles. The molecule has 1 saturated carbocycles. The molecular formula is C13H26N2O2. The maximum absolute atomic E-state index is 11.5. The second kappa shape index (κ2) is 5.83. The summed E-state index contributed by atoms with van der Waals surface area (Å²) in [5.74, 6) is 0.0447. The van der Waals surface area contributed by atoms with Crippen LogP contribution in [0, 0.1) is 5.41 Å². The van der Waals surface area contributed by atoms with Crippen LogP contribution >= 0.6 is 0 Å². The molecule has 4 atom stereocenters. The lowest BCUT2D eigenvalue weighted by atomic mass is 9.61. The second-order valence-electron chi connectivity index (χ2n) is 5.09. The zero-order chi connectivity index (χ0) is 13.1. The van der Waals surface area contributed by atoms with Crippen LogP contribution in [0.25, 0.3) is 0 Å². The van der Waals surface area contributed by atoms with Crippen LogP contribution in [-0.2, 0) is 9.53 Å². The molecule has 0 aromatic rings. The third kappa shape index (κ3) is 2.80. The van der Waals surface area contributed by atoms with E-state index < -0.39 is 0 Å². The van der Waals surface area contributed by atoms with Gasteiger partial charge >= 0.3 is 0 Å². The molecule has 1 aliphatic carbocycles. The molecule has 0 aromatic heterocycles. The number of ether oxygens (including phenoxy) is 1. The molecule has 0 radical (unpaired) electrons. The van der Waals surface area contributed by atoms with Crippen LogP contribution in [0.15, 0.2) is 0 Å². The summed E-state index contributed by atoms with van der Waals surface area (Å²) in [5, 5.41) is 6.07. The van der Waals surface area contributed by atoms with E-state index in [2.05, 4.69) is 24.5 Å². The highest BCUT2D eigenvalue weighted by Gasteiger charge is 2.51. The van der Waals surface area contributed by atoms with E-state index in [1.165, 1.54) is 0 Å². The first-order valence-electron chi connectivity index (χ1n) is 6.58. The van der Waals surface area contributed by atoms with Gasteiger partial charge in [0, 0.05) is 25.1 Å².